The summed E-state index contributed by atoms with van der Waals surface area (Å²) in [6, 6.07) is 16.0. The molecule has 0 aliphatic rings. The average molecular weight is 361 g/mol. The Balaban J connectivity index is 1.61. The Morgan fingerprint density at radius 2 is 1.81 bits per heavy atom. The normalized spacial score (nSPS) is 11.0. The summed E-state index contributed by atoms with van der Waals surface area (Å²) in [5.41, 5.74) is 4.15. The van der Waals surface area contributed by atoms with Gasteiger partial charge >= 0.3 is 6.01 Å². The fourth-order valence-corrected chi connectivity index (χ4v) is 3.07. The lowest BCUT2D eigenvalue weighted by molar-refractivity contribution is 0.425. The second-order valence-corrected chi connectivity index (χ2v) is 6.23. The van der Waals surface area contributed by atoms with Crippen molar-refractivity contribution in [1.29, 1.82) is 0 Å². The van der Waals surface area contributed by atoms with Crippen LogP contribution in [-0.4, -0.2) is 40.5 Å². The molecule has 2 heterocycles. The molecule has 8 heteroatoms. The minimum atomic E-state index is -0.176. The van der Waals surface area contributed by atoms with Crippen molar-refractivity contribution in [2.45, 2.75) is 26.3 Å². The van der Waals surface area contributed by atoms with E-state index in [0.29, 0.717) is 12.4 Å². The van der Waals surface area contributed by atoms with E-state index in [-0.39, 0.29) is 6.01 Å². The van der Waals surface area contributed by atoms with Crippen molar-refractivity contribution in [3.63, 3.8) is 0 Å². The second kappa shape index (κ2) is 7.36. The molecule has 0 spiro atoms. The van der Waals surface area contributed by atoms with E-state index in [2.05, 4.69) is 61.9 Å². The maximum absolute atomic E-state index is 9.59. The molecule has 0 atom stereocenters. The van der Waals surface area contributed by atoms with E-state index >= 15 is 0 Å². The van der Waals surface area contributed by atoms with Crippen LogP contribution in [0.25, 0.3) is 22.5 Å². The molecule has 2 N–H and O–H groups in total. The van der Waals surface area contributed by atoms with Gasteiger partial charge in [0.05, 0.1) is 6.54 Å². The van der Waals surface area contributed by atoms with Crippen LogP contribution in [-0.2, 0) is 13.0 Å². The predicted octanol–water partition coefficient (Wildman–Crippen LogP) is 2.83. The number of tetrazole rings is 1. The zero-order valence-electron chi connectivity index (χ0n) is 14.9. The number of aromatic amines is 1. The molecule has 2 aromatic carbocycles. The largest absolute Gasteiger partial charge is 0.478 e. The maximum atomic E-state index is 9.59. The van der Waals surface area contributed by atoms with E-state index in [1.165, 1.54) is 0 Å². The van der Waals surface area contributed by atoms with Gasteiger partial charge in [-0.25, -0.2) is 9.78 Å². The molecule has 0 radical (unpaired) electrons. The van der Waals surface area contributed by atoms with Gasteiger partial charge in [-0.05, 0) is 33.5 Å². The molecule has 0 aliphatic heterocycles. The highest BCUT2D eigenvalue weighted by Crippen LogP contribution is 2.29. The number of benzene rings is 2. The van der Waals surface area contributed by atoms with Crippen LogP contribution < -0.4 is 0 Å². The van der Waals surface area contributed by atoms with Crippen LogP contribution in [0.5, 0.6) is 6.01 Å². The van der Waals surface area contributed by atoms with Crippen molar-refractivity contribution >= 4 is 0 Å². The number of nitrogens with zero attached hydrogens (tertiary/aromatic N) is 6. The average Bonchev–Trinajstić information content (AvgIpc) is 3.33. The quantitative estimate of drug-likeness (QED) is 0.547. The van der Waals surface area contributed by atoms with Crippen LogP contribution in [0.1, 0.15) is 24.7 Å². The van der Waals surface area contributed by atoms with Crippen molar-refractivity contribution in [2.75, 3.05) is 0 Å². The van der Waals surface area contributed by atoms with Crippen LogP contribution >= 0.6 is 0 Å². The molecule has 136 valence electrons. The molecule has 4 aromatic rings. The highest BCUT2D eigenvalue weighted by molar-refractivity contribution is 5.80. The fraction of sp³-hybridized carbons (Fsp3) is 0.211. The first-order chi connectivity index (χ1) is 13.2. The van der Waals surface area contributed by atoms with Gasteiger partial charge in [-0.1, -0.05) is 55.5 Å². The Morgan fingerprint density at radius 1 is 1.04 bits per heavy atom. The Labute approximate surface area is 155 Å². The zero-order chi connectivity index (χ0) is 18.6. The van der Waals surface area contributed by atoms with E-state index in [1.807, 2.05) is 24.3 Å². The first kappa shape index (κ1) is 16.9. The summed E-state index contributed by atoms with van der Waals surface area (Å²) in [7, 11) is 0. The predicted molar refractivity (Wildman–Crippen MR) is 99.8 cm³/mol. The van der Waals surface area contributed by atoms with E-state index in [1.54, 1.807) is 4.68 Å². The molecule has 8 nitrogen and oxygen atoms in total. The van der Waals surface area contributed by atoms with Crippen molar-refractivity contribution in [3.05, 3.63) is 59.9 Å². The molecule has 0 unspecified atom stereocenters. The Morgan fingerprint density at radius 3 is 2.52 bits per heavy atom. The monoisotopic (exact) mass is 361 g/mol. The van der Waals surface area contributed by atoms with Crippen LogP contribution in [0.4, 0.5) is 0 Å². The van der Waals surface area contributed by atoms with Gasteiger partial charge in [-0.2, -0.15) is 4.98 Å². The van der Waals surface area contributed by atoms with Crippen molar-refractivity contribution in [3.8, 4) is 28.5 Å². The molecular weight excluding hydrogens is 342 g/mol. The van der Waals surface area contributed by atoms with Gasteiger partial charge in [0.1, 0.15) is 5.82 Å². The third-order valence-corrected chi connectivity index (χ3v) is 4.34. The fourth-order valence-electron chi connectivity index (χ4n) is 3.07. The zero-order valence-corrected chi connectivity index (χ0v) is 14.9. The van der Waals surface area contributed by atoms with Gasteiger partial charge in [0.25, 0.3) is 0 Å². The summed E-state index contributed by atoms with van der Waals surface area (Å²) >= 11 is 0. The Kier molecular flexibility index (Phi) is 4.61. The van der Waals surface area contributed by atoms with Gasteiger partial charge in [-0.15, -0.1) is 10.2 Å². The van der Waals surface area contributed by atoms with Crippen molar-refractivity contribution in [2.24, 2.45) is 0 Å². The summed E-state index contributed by atoms with van der Waals surface area (Å²) in [6.45, 7) is 2.64. The number of aryl methyl sites for hydroxylation is 1. The van der Waals surface area contributed by atoms with Gasteiger partial charge in [-0.3, -0.25) is 0 Å². The summed E-state index contributed by atoms with van der Waals surface area (Å²) in [6.07, 6.45) is 1.73. The van der Waals surface area contributed by atoms with Crippen molar-refractivity contribution in [1.82, 2.24) is 35.4 Å². The maximum Gasteiger partial charge on any atom is 0.333 e. The third-order valence-electron chi connectivity index (χ3n) is 4.34. The van der Waals surface area contributed by atoms with Gasteiger partial charge in [0.15, 0.2) is 5.82 Å². The van der Waals surface area contributed by atoms with E-state index < -0.39 is 0 Å². The highest BCUT2D eigenvalue weighted by Gasteiger charge is 2.11. The lowest BCUT2D eigenvalue weighted by Crippen LogP contribution is -2.06. The smallest absolute Gasteiger partial charge is 0.333 e. The van der Waals surface area contributed by atoms with Crippen LogP contribution in [0.3, 0.4) is 0 Å². The second-order valence-electron chi connectivity index (χ2n) is 6.23. The molecule has 0 amide bonds. The molecule has 0 aliphatic carbocycles. The number of hydrogen-bond acceptors (Lipinski definition) is 6. The molecule has 0 fully saturated rings. The number of hydrogen-bond donors (Lipinski definition) is 2. The van der Waals surface area contributed by atoms with Crippen molar-refractivity contribution < 1.29 is 5.11 Å². The lowest BCUT2D eigenvalue weighted by atomic mass is 9.98. The molecule has 27 heavy (non-hydrogen) atoms. The molecule has 0 saturated heterocycles. The third kappa shape index (κ3) is 3.55. The summed E-state index contributed by atoms with van der Waals surface area (Å²) in [5, 5.41) is 27.8. The molecule has 0 bridgehead atoms. The number of aromatic nitrogens is 7. The van der Waals surface area contributed by atoms with Gasteiger partial charge in [0, 0.05) is 12.0 Å². The molecule has 2 aromatic heterocycles. The van der Waals surface area contributed by atoms with Gasteiger partial charge in [0.2, 0.25) is 0 Å². The first-order valence-corrected chi connectivity index (χ1v) is 8.79. The Bertz CT molecular complexity index is 1020. The lowest BCUT2D eigenvalue weighted by Gasteiger charge is -2.09. The standard InChI is InChI=1S/C19H19N7O/c1-2-5-17-20-19(27)23-26(17)12-13-8-10-14(11-9-13)15-6-3-4-7-16(15)18-21-24-25-22-18/h3-4,6-11H,2,5,12H2,1H3,(H,23,27)(H,21,22,24,25). The number of aromatic hydroxyl groups is 1. The number of rotatable bonds is 6. The van der Waals surface area contributed by atoms with Gasteiger partial charge < -0.3 is 5.11 Å². The summed E-state index contributed by atoms with van der Waals surface area (Å²) < 4.78 is 1.75. The molecule has 4 rings (SSSR count). The molecular formula is C19H19N7O. The van der Waals surface area contributed by atoms with Crippen LogP contribution in [0, 0.1) is 0 Å². The van der Waals surface area contributed by atoms with E-state index in [9.17, 15) is 5.11 Å². The van der Waals surface area contributed by atoms with E-state index in [0.717, 1.165) is 40.9 Å². The van der Waals surface area contributed by atoms with Crippen LogP contribution in [0.15, 0.2) is 48.5 Å². The summed E-state index contributed by atoms with van der Waals surface area (Å²) in [4.78, 5) is 4.09. The summed E-state index contributed by atoms with van der Waals surface area (Å²) in [5.74, 6) is 1.43. The SMILES string of the molecule is CCCc1nc(O)nn1Cc1ccc(-c2ccccc2-c2nnn[nH]2)cc1. The minimum absolute atomic E-state index is 0.176. The first-order valence-electron chi connectivity index (χ1n) is 8.79. The number of H-pyrrole nitrogens is 1. The number of nitrogens with one attached hydrogen (secondary N) is 1. The highest BCUT2D eigenvalue weighted by atomic mass is 16.3. The topological polar surface area (TPSA) is 105 Å². The van der Waals surface area contributed by atoms with E-state index in [4.69, 9.17) is 0 Å². The minimum Gasteiger partial charge on any atom is -0.478 e. The van der Waals surface area contributed by atoms with Crippen LogP contribution in [0.2, 0.25) is 0 Å². The Hall–Kier alpha value is -3.55. The molecule has 0 saturated carbocycles.